The third-order valence-corrected chi connectivity index (χ3v) is 4.59. The number of rotatable bonds is 1. The van der Waals surface area contributed by atoms with Gasteiger partial charge >= 0.3 is 0 Å². The number of nitrogens with one attached hydrogen (secondary N) is 1. The molecule has 3 aliphatic rings. The number of likely N-dealkylation sites (N-methyl/N-ethyl adjacent to an activating group) is 1. The molecule has 1 atom stereocenters. The molecule has 0 aromatic carbocycles. The number of nitrogens with zero attached hydrogens (tertiary/aromatic N) is 2. The van der Waals surface area contributed by atoms with E-state index in [1.54, 1.807) is 0 Å². The van der Waals surface area contributed by atoms with E-state index < -0.39 is 0 Å². The lowest BCUT2D eigenvalue weighted by Crippen LogP contribution is -2.71. The summed E-state index contributed by atoms with van der Waals surface area (Å²) in [5.74, 6) is -0.226. The summed E-state index contributed by atoms with van der Waals surface area (Å²) in [6.45, 7) is 3.13. The Labute approximate surface area is 101 Å². The van der Waals surface area contributed by atoms with E-state index in [0.29, 0.717) is 18.4 Å². The van der Waals surface area contributed by atoms with Crippen LogP contribution < -0.4 is 5.32 Å². The van der Waals surface area contributed by atoms with Crippen molar-refractivity contribution in [2.24, 2.45) is 0 Å². The molecule has 3 rings (SSSR count). The van der Waals surface area contributed by atoms with Gasteiger partial charge in [0.15, 0.2) is 0 Å². The number of likely N-dealkylation sites (tertiary alicyclic amines) is 2. The smallest absolute Gasteiger partial charge is 0.243 e. The van der Waals surface area contributed by atoms with Crippen LogP contribution >= 0.6 is 0 Å². The van der Waals surface area contributed by atoms with Crippen molar-refractivity contribution in [1.29, 1.82) is 0 Å². The number of amides is 2. The Morgan fingerprint density at radius 2 is 2.12 bits per heavy atom. The minimum Gasteiger partial charge on any atom is -0.298 e. The van der Waals surface area contributed by atoms with Crippen molar-refractivity contribution in [2.75, 3.05) is 26.7 Å². The SMILES string of the molecule is CN1CCCC12CN(C1CCC(=O)NC1=O)C2. The molecule has 3 fully saturated rings. The zero-order chi connectivity index (χ0) is 12.0. The van der Waals surface area contributed by atoms with E-state index in [2.05, 4.69) is 22.2 Å². The fourth-order valence-electron chi connectivity index (χ4n) is 3.43. The van der Waals surface area contributed by atoms with Gasteiger partial charge in [-0.25, -0.2) is 0 Å². The van der Waals surface area contributed by atoms with Gasteiger partial charge in [0.25, 0.3) is 0 Å². The second kappa shape index (κ2) is 3.78. The molecule has 0 saturated carbocycles. The van der Waals surface area contributed by atoms with Crippen LogP contribution in [0.1, 0.15) is 25.7 Å². The van der Waals surface area contributed by atoms with E-state index >= 15 is 0 Å². The van der Waals surface area contributed by atoms with Crippen molar-refractivity contribution in [1.82, 2.24) is 15.1 Å². The monoisotopic (exact) mass is 237 g/mol. The van der Waals surface area contributed by atoms with E-state index in [1.165, 1.54) is 19.4 Å². The quantitative estimate of drug-likeness (QED) is 0.629. The van der Waals surface area contributed by atoms with E-state index in [9.17, 15) is 9.59 Å². The van der Waals surface area contributed by atoms with Gasteiger partial charge in [-0.3, -0.25) is 24.7 Å². The van der Waals surface area contributed by atoms with Crippen LogP contribution in [0.15, 0.2) is 0 Å². The van der Waals surface area contributed by atoms with E-state index in [-0.39, 0.29) is 17.9 Å². The van der Waals surface area contributed by atoms with Gasteiger partial charge in [0.05, 0.1) is 6.04 Å². The number of hydrogen-bond donors (Lipinski definition) is 1. The van der Waals surface area contributed by atoms with Crippen molar-refractivity contribution in [3.05, 3.63) is 0 Å². The average molecular weight is 237 g/mol. The highest BCUT2D eigenvalue weighted by Gasteiger charge is 2.51. The van der Waals surface area contributed by atoms with Crippen LogP contribution in [0, 0.1) is 0 Å². The maximum Gasteiger partial charge on any atom is 0.243 e. The van der Waals surface area contributed by atoms with Crippen molar-refractivity contribution in [3.8, 4) is 0 Å². The van der Waals surface area contributed by atoms with Gasteiger partial charge in [-0.15, -0.1) is 0 Å². The molecule has 1 N–H and O–H groups in total. The molecule has 2 amide bonds. The molecular formula is C12H19N3O2. The largest absolute Gasteiger partial charge is 0.298 e. The lowest BCUT2D eigenvalue weighted by atomic mass is 9.84. The predicted octanol–water partition coefficient (Wildman–Crippen LogP) is -0.428. The predicted molar refractivity (Wildman–Crippen MR) is 62.3 cm³/mol. The number of piperidine rings is 1. The highest BCUT2D eigenvalue weighted by Crippen LogP contribution is 2.38. The van der Waals surface area contributed by atoms with Gasteiger partial charge in [-0.1, -0.05) is 0 Å². The summed E-state index contributed by atoms with van der Waals surface area (Å²) in [6, 6.07) is -0.0766. The molecule has 3 heterocycles. The number of carbonyl (C=O) groups is 2. The minimum absolute atomic E-state index is 0.0766. The molecular weight excluding hydrogens is 218 g/mol. The van der Waals surface area contributed by atoms with Gasteiger partial charge in [0, 0.05) is 25.0 Å². The average Bonchev–Trinajstić information content (AvgIpc) is 2.59. The summed E-state index contributed by atoms with van der Waals surface area (Å²) in [5.41, 5.74) is 0.321. The zero-order valence-corrected chi connectivity index (χ0v) is 10.2. The normalized spacial score (nSPS) is 33.8. The third kappa shape index (κ3) is 1.68. The Bertz CT molecular complexity index is 363. The van der Waals surface area contributed by atoms with Gasteiger partial charge in [-0.2, -0.15) is 0 Å². The molecule has 0 radical (unpaired) electrons. The Hall–Kier alpha value is -0.940. The Balaban J connectivity index is 1.62. The van der Waals surface area contributed by atoms with E-state index in [1.807, 2.05) is 0 Å². The number of carbonyl (C=O) groups excluding carboxylic acids is 2. The van der Waals surface area contributed by atoms with Crippen LogP contribution in [-0.2, 0) is 9.59 Å². The maximum atomic E-state index is 11.7. The summed E-state index contributed by atoms with van der Waals surface area (Å²) in [6.07, 6.45) is 3.67. The summed E-state index contributed by atoms with van der Waals surface area (Å²) >= 11 is 0. The van der Waals surface area contributed by atoms with Crippen LogP contribution in [-0.4, -0.2) is 59.9 Å². The van der Waals surface area contributed by atoms with Crippen molar-refractivity contribution in [3.63, 3.8) is 0 Å². The molecule has 17 heavy (non-hydrogen) atoms. The first-order valence-electron chi connectivity index (χ1n) is 6.40. The second-order valence-corrected chi connectivity index (χ2v) is 5.62. The molecule has 3 saturated heterocycles. The molecule has 0 aliphatic carbocycles. The first kappa shape index (κ1) is 11.2. The molecule has 0 aromatic heterocycles. The minimum atomic E-state index is -0.125. The summed E-state index contributed by atoms with van der Waals surface area (Å²) in [7, 11) is 2.18. The molecule has 94 valence electrons. The number of imide groups is 1. The van der Waals surface area contributed by atoms with Gasteiger partial charge in [0.1, 0.15) is 0 Å². The summed E-state index contributed by atoms with van der Waals surface area (Å²) in [5, 5.41) is 2.44. The van der Waals surface area contributed by atoms with Crippen LogP contribution in [0.2, 0.25) is 0 Å². The molecule has 0 aromatic rings. The third-order valence-electron chi connectivity index (χ3n) is 4.59. The first-order valence-corrected chi connectivity index (χ1v) is 6.40. The van der Waals surface area contributed by atoms with Crippen molar-refractivity contribution >= 4 is 11.8 Å². The van der Waals surface area contributed by atoms with Gasteiger partial charge in [-0.05, 0) is 32.9 Å². The second-order valence-electron chi connectivity index (χ2n) is 5.62. The lowest BCUT2D eigenvalue weighted by Gasteiger charge is -2.54. The molecule has 5 heteroatoms. The number of hydrogen-bond acceptors (Lipinski definition) is 4. The van der Waals surface area contributed by atoms with Crippen LogP contribution in [0.3, 0.4) is 0 Å². The zero-order valence-electron chi connectivity index (χ0n) is 10.2. The van der Waals surface area contributed by atoms with E-state index in [0.717, 1.165) is 13.1 Å². The Kier molecular flexibility index (Phi) is 2.48. The summed E-state index contributed by atoms with van der Waals surface area (Å²) < 4.78 is 0. The lowest BCUT2D eigenvalue weighted by molar-refractivity contribution is -0.142. The highest BCUT2D eigenvalue weighted by atomic mass is 16.2. The topological polar surface area (TPSA) is 52.6 Å². The Morgan fingerprint density at radius 1 is 1.35 bits per heavy atom. The van der Waals surface area contributed by atoms with Gasteiger partial charge in [0.2, 0.25) is 11.8 Å². The molecule has 0 bridgehead atoms. The molecule has 5 nitrogen and oxygen atoms in total. The van der Waals surface area contributed by atoms with Crippen molar-refractivity contribution < 1.29 is 9.59 Å². The van der Waals surface area contributed by atoms with Gasteiger partial charge < -0.3 is 0 Å². The Morgan fingerprint density at radius 3 is 2.71 bits per heavy atom. The molecule has 3 aliphatic heterocycles. The standard InChI is InChI=1S/C12H19N3O2/c1-14-6-2-5-12(14)7-15(8-12)9-3-4-10(16)13-11(9)17/h9H,2-8H2,1H3,(H,13,16,17). The molecule has 1 spiro atoms. The fraction of sp³-hybridized carbons (Fsp3) is 0.833. The van der Waals surface area contributed by atoms with E-state index in [4.69, 9.17) is 0 Å². The molecule has 1 unspecified atom stereocenters. The van der Waals surface area contributed by atoms with Crippen LogP contribution in [0.4, 0.5) is 0 Å². The first-order chi connectivity index (χ1) is 8.11. The van der Waals surface area contributed by atoms with Crippen LogP contribution in [0.5, 0.6) is 0 Å². The van der Waals surface area contributed by atoms with Crippen LogP contribution in [0.25, 0.3) is 0 Å². The fourth-order valence-corrected chi connectivity index (χ4v) is 3.43. The highest BCUT2D eigenvalue weighted by molar-refractivity contribution is 6.00. The maximum absolute atomic E-state index is 11.7. The van der Waals surface area contributed by atoms with Crippen molar-refractivity contribution in [2.45, 2.75) is 37.3 Å². The summed E-state index contributed by atoms with van der Waals surface area (Å²) in [4.78, 5) is 27.5.